The highest BCUT2D eigenvalue weighted by molar-refractivity contribution is 7.15. The van der Waals surface area contributed by atoms with Crippen molar-refractivity contribution in [1.29, 1.82) is 0 Å². The average Bonchev–Trinajstić information content (AvgIpc) is 3.04. The lowest BCUT2D eigenvalue weighted by molar-refractivity contribution is 0.174. The molecule has 0 aliphatic carbocycles. The number of nitrogens with two attached hydrogens (primary N) is 1. The number of anilines is 1. The summed E-state index contributed by atoms with van der Waals surface area (Å²) in [5.74, 6) is 1.58. The summed E-state index contributed by atoms with van der Waals surface area (Å²) in [6, 6.07) is 5.86. The standard InChI is InChI=1S/C11H12N4O2S/c12-4-10-14-15-11(18-10)13-5-7-1-2-8-9(3-7)17-6-16-8/h1-3H,4-6,12H2,(H,13,15). The van der Waals surface area contributed by atoms with Gasteiger partial charge in [-0.2, -0.15) is 0 Å². The molecule has 0 saturated carbocycles. The summed E-state index contributed by atoms with van der Waals surface area (Å²) in [6.07, 6.45) is 0. The van der Waals surface area contributed by atoms with Crippen molar-refractivity contribution in [2.45, 2.75) is 13.1 Å². The van der Waals surface area contributed by atoms with Gasteiger partial charge in [0.1, 0.15) is 5.01 Å². The molecule has 6 nitrogen and oxygen atoms in total. The van der Waals surface area contributed by atoms with E-state index in [0.29, 0.717) is 19.9 Å². The molecule has 0 unspecified atom stereocenters. The van der Waals surface area contributed by atoms with E-state index in [0.717, 1.165) is 27.2 Å². The van der Waals surface area contributed by atoms with Crippen molar-refractivity contribution in [3.8, 4) is 11.5 Å². The molecule has 0 bridgehead atoms. The molecule has 0 amide bonds. The molecule has 0 spiro atoms. The lowest BCUT2D eigenvalue weighted by Gasteiger charge is -2.03. The molecule has 3 rings (SSSR count). The molecule has 18 heavy (non-hydrogen) atoms. The van der Waals surface area contributed by atoms with E-state index in [2.05, 4.69) is 15.5 Å². The fourth-order valence-electron chi connectivity index (χ4n) is 1.64. The summed E-state index contributed by atoms with van der Waals surface area (Å²) in [6.45, 7) is 1.38. The van der Waals surface area contributed by atoms with Gasteiger partial charge in [0.05, 0.1) is 0 Å². The lowest BCUT2D eigenvalue weighted by Crippen LogP contribution is -1.98. The normalized spacial score (nSPS) is 12.7. The second-order valence-corrected chi connectivity index (χ2v) is 4.81. The van der Waals surface area contributed by atoms with Gasteiger partial charge in [0.25, 0.3) is 0 Å². The van der Waals surface area contributed by atoms with Crippen LogP contribution in [0, 0.1) is 0 Å². The first-order valence-electron chi connectivity index (χ1n) is 5.50. The molecular formula is C11H12N4O2S. The zero-order chi connectivity index (χ0) is 12.4. The van der Waals surface area contributed by atoms with Gasteiger partial charge in [-0.05, 0) is 17.7 Å². The molecule has 0 saturated heterocycles. The molecule has 0 fully saturated rings. The van der Waals surface area contributed by atoms with Gasteiger partial charge in [-0.15, -0.1) is 10.2 Å². The van der Waals surface area contributed by atoms with Crippen LogP contribution in [-0.4, -0.2) is 17.0 Å². The maximum atomic E-state index is 5.48. The minimum absolute atomic E-state index is 0.294. The van der Waals surface area contributed by atoms with Gasteiger partial charge in [0.15, 0.2) is 11.5 Å². The molecule has 7 heteroatoms. The van der Waals surface area contributed by atoms with Crippen molar-refractivity contribution < 1.29 is 9.47 Å². The Morgan fingerprint density at radius 1 is 1.28 bits per heavy atom. The van der Waals surface area contributed by atoms with Crippen LogP contribution in [0.15, 0.2) is 18.2 Å². The van der Waals surface area contributed by atoms with E-state index in [-0.39, 0.29) is 0 Å². The molecule has 94 valence electrons. The zero-order valence-corrected chi connectivity index (χ0v) is 10.4. The van der Waals surface area contributed by atoms with Crippen LogP contribution in [0.3, 0.4) is 0 Å². The summed E-state index contributed by atoms with van der Waals surface area (Å²) < 4.78 is 10.6. The molecule has 1 aliphatic heterocycles. The lowest BCUT2D eigenvalue weighted by atomic mass is 10.2. The van der Waals surface area contributed by atoms with Crippen molar-refractivity contribution >= 4 is 16.5 Å². The number of fused-ring (bicyclic) bond motifs is 1. The molecule has 0 atom stereocenters. The van der Waals surface area contributed by atoms with Crippen LogP contribution in [0.5, 0.6) is 11.5 Å². The van der Waals surface area contributed by atoms with Crippen LogP contribution in [0.25, 0.3) is 0 Å². The summed E-state index contributed by atoms with van der Waals surface area (Å²) in [5, 5.41) is 12.7. The summed E-state index contributed by atoms with van der Waals surface area (Å²) in [7, 11) is 0. The summed E-state index contributed by atoms with van der Waals surface area (Å²) in [5.41, 5.74) is 6.58. The van der Waals surface area contributed by atoms with E-state index in [9.17, 15) is 0 Å². The van der Waals surface area contributed by atoms with Crippen molar-refractivity contribution in [2.24, 2.45) is 5.73 Å². The largest absolute Gasteiger partial charge is 0.454 e. The number of rotatable bonds is 4. The van der Waals surface area contributed by atoms with Crippen molar-refractivity contribution in [3.05, 3.63) is 28.8 Å². The van der Waals surface area contributed by atoms with Crippen LogP contribution in [0.4, 0.5) is 5.13 Å². The van der Waals surface area contributed by atoms with Crippen LogP contribution < -0.4 is 20.5 Å². The van der Waals surface area contributed by atoms with Gasteiger partial charge < -0.3 is 20.5 Å². The number of hydrogen-bond donors (Lipinski definition) is 2. The molecular weight excluding hydrogens is 252 g/mol. The monoisotopic (exact) mass is 264 g/mol. The van der Waals surface area contributed by atoms with Gasteiger partial charge in [0.2, 0.25) is 11.9 Å². The first-order valence-corrected chi connectivity index (χ1v) is 6.31. The fraction of sp³-hybridized carbons (Fsp3) is 0.273. The Morgan fingerprint density at radius 3 is 3.00 bits per heavy atom. The van der Waals surface area contributed by atoms with E-state index in [4.69, 9.17) is 15.2 Å². The Bertz CT molecular complexity index is 558. The highest BCUT2D eigenvalue weighted by atomic mass is 32.1. The van der Waals surface area contributed by atoms with Crippen molar-refractivity contribution in [2.75, 3.05) is 12.1 Å². The topological polar surface area (TPSA) is 82.3 Å². The van der Waals surface area contributed by atoms with Gasteiger partial charge in [-0.3, -0.25) is 0 Å². The minimum atomic E-state index is 0.294. The maximum Gasteiger partial charge on any atom is 0.231 e. The van der Waals surface area contributed by atoms with Crippen LogP contribution in [0.2, 0.25) is 0 Å². The Kier molecular flexibility index (Phi) is 2.99. The summed E-state index contributed by atoms with van der Waals surface area (Å²) >= 11 is 1.46. The van der Waals surface area contributed by atoms with Gasteiger partial charge in [-0.25, -0.2) is 0 Å². The molecule has 2 heterocycles. The predicted molar refractivity (Wildman–Crippen MR) is 67.7 cm³/mol. The quantitative estimate of drug-likeness (QED) is 0.867. The Labute approximate surface area is 108 Å². The van der Waals surface area contributed by atoms with Gasteiger partial charge in [0, 0.05) is 13.1 Å². The molecule has 1 aromatic carbocycles. The minimum Gasteiger partial charge on any atom is -0.454 e. The van der Waals surface area contributed by atoms with Gasteiger partial charge >= 0.3 is 0 Å². The Balaban J connectivity index is 1.66. The number of nitrogens with zero attached hydrogens (tertiary/aromatic N) is 2. The third-order valence-electron chi connectivity index (χ3n) is 2.52. The summed E-state index contributed by atoms with van der Waals surface area (Å²) in [4.78, 5) is 0. The third-order valence-corrected chi connectivity index (χ3v) is 3.43. The van der Waals surface area contributed by atoms with E-state index >= 15 is 0 Å². The van der Waals surface area contributed by atoms with E-state index in [1.807, 2.05) is 18.2 Å². The number of benzene rings is 1. The smallest absolute Gasteiger partial charge is 0.231 e. The Hall–Kier alpha value is -1.86. The number of ether oxygens (including phenoxy) is 2. The first-order chi connectivity index (χ1) is 8.85. The van der Waals surface area contributed by atoms with E-state index < -0.39 is 0 Å². The molecule has 1 aromatic heterocycles. The second-order valence-electron chi connectivity index (χ2n) is 3.75. The van der Waals surface area contributed by atoms with Crippen LogP contribution >= 0.6 is 11.3 Å². The molecule has 0 radical (unpaired) electrons. The van der Waals surface area contributed by atoms with Gasteiger partial charge in [-0.1, -0.05) is 17.4 Å². The average molecular weight is 264 g/mol. The van der Waals surface area contributed by atoms with E-state index in [1.54, 1.807) is 0 Å². The maximum absolute atomic E-state index is 5.48. The molecule has 1 aliphatic rings. The van der Waals surface area contributed by atoms with Crippen LogP contribution in [0.1, 0.15) is 10.6 Å². The zero-order valence-electron chi connectivity index (χ0n) is 9.55. The highest BCUT2D eigenvalue weighted by Crippen LogP contribution is 2.32. The van der Waals surface area contributed by atoms with E-state index in [1.165, 1.54) is 11.3 Å². The predicted octanol–water partition coefficient (Wildman–Crippen LogP) is 1.34. The first kappa shape index (κ1) is 11.2. The number of hydrogen-bond acceptors (Lipinski definition) is 7. The number of nitrogens with one attached hydrogen (secondary N) is 1. The number of aromatic nitrogens is 2. The molecule has 3 N–H and O–H groups in total. The SMILES string of the molecule is NCc1nnc(NCc2ccc3c(c2)OCO3)s1. The highest BCUT2D eigenvalue weighted by Gasteiger charge is 2.13. The fourth-order valence-corrected chi connectivity index (χ4v) is 2.25. The Morgan fingerprint density at radius 2 is 2.17 bits per heavy atom. The third kappa shape index (κ3) is 2.22. The second kappa shape index (κ2) is 4.79. The van der Waals surface area contributed by atoms with Crippen molar-refractivity contribution in [3.63, 3.8) is 0 Å². The van der Waals surface area contributed by atoms with Crippen LogP contribution in [-0.2, 0) is 13.1 Å². The van der Waals surface area contributed by atoms with Crippen molar-refractivity contribution in [1.82, 2.24) is 10.2 Å². The molecule has 2 aromatic rings.